The highest BCUT2D eigenvalue weighted by atomic mass is 16.5. The van der Waals surface area contributed by atoms with Gasteiger partial charge < -0.3 is 14.3 Å². The Morgan fingerprint density at radius 2 is 1.92 bits per heavy atom. The van der Waals surface area contributed by atoms with Gasteiger partial charge in [0, 0.05) is 23.9 Å². The summed E-state index contributed by atoms with van der Waals surface area (Å²) in [7, 11) is 1.61. The van der Waals surface area contributed by atoms with Crippen LogP contribution in [-0.2, 0) is 0 Å². The molecule has 26 heavy (non-hydrogen) atoms. The van der Waals surface area contributed by atoms with Gasteiger partial charge >= 0.3 is 5.63 Å². The predicted octanol–water partition coefficient (Wildman–Crippen LogP) is 3.04. The topological polar surface area (TPSA) is 89.9 Å². The summed E-state index contributed by atoms with van der Waals surface area (Å²) in [4.78, 5) is 16.5. The van der Waals surface area contributed by atoms with E-state index in [9.17, 15) is 9.90 Å². The molecule has 0 unspecified atom stereocenters. The lowest BCUT2D eigenvalue weighted by molar-refractivity contribution is 0.415. The van der Waals surface area contributed by atoms with E-state index >= 15 is 0 Å². The van der Waals surface area contributed by atoms with Crippen molar-refractivity contribution in [3.63, 3.8) is 0 Å². The SMILES string of the molecule is COc1ccc(-c2cc3nccc(-c4c(O)cc(C)oc4=O)n3n2)cc1. The minimum atomic E-state index is -0.628. The van der Waals surface area contributed by atoms with Crippen LogP contribution in [0, 0.1) is 6.92 Å². The monoisotopic (exact) mass is 349 g/mol. The molecule has 0 amide bonds. The van der Waals surface area contributed by atoms with E-state index in [0.29, 0.717) is 22.8 Å². The number of hydrogen-bond donors (Lipinski definition) is 1. The molecule has 3 aromatic heterocycles. The van der Waals surface area contributed by atoms with Crippen molar-refractivity contribution < 1.29 is 14.3 Å². The van der Waals surface area contributed by atoms with Crippen LogP contribution in [0.25, 0.3) is 28.2 Å². The average molecular weight is 349 g/mol. The number of fused-ring (bicyclic) bond motifs is 1. The standard InChI is InChI=1S/C19H15N3O4/c1-11-9-16(23)18(19(24)26-11)15-7-8-20-17-10-14(21-22(15)17)12-3-5-13(25-2)6-4-12/h3-10,23H,1-2H3. The molecule has 0 saturated heterocycles. The Bertz CT molecular complexity index is 1160. The van der Waals surface area contributed by atoms with E-state index in [0.717, 1.165) is 11.3 Å². The average Bonchev–Trinajstić information content (AvgIpc) is 3.06. The number of ether oxygens (including phenoxy) is 1. The van der Waals surface area contributed by atoms with E-state index in [1.165, 1.54) is 10.6 Å². The van der Waals surface area contributed by atoms with Gasteiger partial charge in [0.25, 0.3) is 0 Å². The minimum absolute atomic E-state index is 0.0485. The first kappa shape index (κ1) is 15.9. The predicted molar refractivity (Wildman–Crippen MR) is 95.3 cm³/mol. The number of aromatic nitrogens is 3. The molecular formula is C19H15N3O4. The summed E-state index contributed by atoms with van der Waals surface area (Å²) in [6.07, 6.45) is 1.56. The Balaban J connectivity index is 1.90. The number of rotatable bonds is 3. The van der Waals surface area contributed by atoms with Crippen LogP contribution in [-0.4, -0.2) is 26.8 Å². The van der Waals surface area contributed by atoms with Gasteiger partial charge in [0.2, 0.25) is 0 Å². The molecule has 0 radical (unpaired) electrons. The summed E-state index contributed by atoms with van der Waals surface area (Å²) in [6.45, 7) is 1.60. The third kappa shape index (κ3) is 2.59. The lowest BCUT2D eigenvalue weighted by Crippen LogP contribution is -2.08. The van der Waals surface area contributed by atoms with Crippen molar-refractivity contribution in [2.75, 3.05) is 7.11 Å². The van der Waals surface area contributed by atoms with E-state index in [1.54, 1.807) is 32.4 Å². The third-order valence-corrected chi connectivity index (χ3v) is 4.05. The Hall–Kier alpha value is -3.61. The maximum atomic E-state index is 12.3. The van der Waals surface area contributed by atoms with Crippen molar-refractivity contribution >= 4 is 5.65 Å². The molecule has 130 valence electrons. The lowest BCUT2D eigenvalue weighted by Gasteiger charge is -2.05. The zero-order valence-electron chi connectivity index (χ0n) is 14.1. The molecule has 0 aliphatic carbocycles. The van der Waals surface area contributed by atoms with Gasteiger partial charge in [-0.1, -0.05) is 0 Å². The van der Waals surface area contributed by atoms with Gasteiger partial charge in [-0.05, 0) is 37.3 Å². The van der Waals surface area contributed by atoms with Crippen LogP contribution < -0.4 is 10.4 Å². The lowest BCUT2D eigenvalue weighted by atomic mass is 10.1. The van der Waals surface area contributed by atoms with Crippen molar-refractivity contribution in [2.24, 2.45) is 0 Å². The second-order valence-electron chi connectivity index (χ2n) is 5.76. The zero-order chi connectivity index (χ0) is 18.3. The van der Waals surface area contributed by atoms with Gasteiger partial charge in [-0.2, -0.15) is 5.10 Å². The molecule has 0 atom stereocenters. The molecule has 0 saturated carbocycles. The Labute approximate surface area is 148 Å². The Morgan fingerprint density at radius 1 is 1.15 bits per heavy atom. The molecule has 4 aromatic rings. The van der Waals surface area contributed by atoms with Gasteiger partial charge in [-0.3, -0.25) is 0 Å². The fourth-order valence-corrected chi connectivity index (χ4v) is 2.82. The number of nitrogens with zero attached hydrogens (tertiary/aromatic N) is 3. The van der Waals surface area contributed by atoms with Crippen molar-refractivity contribution in [2.45, 2.75) is 6.92 Å². The van der Waals surface area contributed by atoms with Crippen LogP contribution in [0.15, 0.2) is 57.9 Å². The molecule has 1 aromatic carbocycles. The van der Waals surface area contributed by atoms with Gasteiger partial charge in [-0.15, -0.1) is 0 Å². The first-order valence-electron chi connectivity index (χ1n) is 7.90. The van der Waals surface area contributed by atoms with Crippen LogP contribution in [0.4, 0.5) is 0 Å². The summed E-state index contributed by atoms with van der Waals surface area (Å²) in [5.41, 5.74) is 1.93. The molecule has 0 aliphatic heterocycles. The number of benzene rings is 1. The summed E-state index contributed by atoms with van der Waals surface area (Å²) >= 11 is 0. The highest BCUT2D eigenvalue weighted by molar-refractivity contribution is 5.71. The molecule has 7 nitrogen and oxygen atoms in total. The molecule has 1 N–H and O–H groups in total. The van der Waals surface area contributed by atoms with Gasteiger partial charge in [0.05, 0.1) is 18.5 Å². The number of aryl methyl sites for hydroxylation is 1. The summed E-state index contributed by atoms with van der Waals surface area (Å²) in [6, 6.07) is 12.3. The maximum Gasteiger partial charge on any atom is 0.349 e. The molecule has 3 heterocycles. The molecule has 0 bridgehead atoms. The molecule has 0 aliphatic rings. The quantitative estimate of drug-likeness (QED) is 0.611. The number of methoxy groups -OCH3 is 1. The van der Waals surface area contributed by atoms with E-state index in [2.05, 4.69) is 10.1 Å². The summed E-state index contributed by atoms with van der Waals surface area (Å²) in [5, 5.41) is 14.8. The summed E-state index contributed by atoms with van der Waals surface area (Å²) in [5.74, 6) is 0.923. The molecule has 0 fully saturated rings. The van der Waals surface area contributed by atoms with E-state index in [-0.39, 0.29) is 11.3 Å². The highest BCUT2D eigenvalue weighted by Gasteiger charge is 2.17. The van der Waals surface area contributed by atoms with E-state index in [1.807, 2.05) is 24.3 Å². The highest BCUT2D eigenvalue weighted by Crippen LogP contribution is 2.28. The van der Waals surface area contributed by atoms with Crippen molar-refractivity contribution in [3.05, 3.63) is 64.8 Å². The second kappa shape index (κ2) is 6.03. The number of aromatic hydroxyl groups is 1. The first-order chi connectivity index (χ1) is 12.6. The fourth-order valence-electron chi connectivity index (χ4n) is 2.82. The van der Waals surface area contributed by atoms with Crippen LogP contribution in [0.2, 0.25) is 0 Å². The smallest absolute Gasteiger partial charge is 0.349 e. The zero-order valence-corrected chi connectivity index (χ0v) is 14.1. The van der Waals surface area contributed by atoms with Crippen LogP contribution in [0.1, 0.15) is 5.76 Å². The van der Waals surface area contributed by atoms with Crippen LogP contribution in [0.3, 0.4) is 0 Å². The third-order valence-electron chi connectivity index (χ3n) is 4.05. The summed E-state index contributed by atoms with van der Waals surface area (Å²) < 4.78 is 11.8. The largest absolute Gasteiger partial charge is 0.507 e. The number of hydrogen-bond acceptors (Lipinski definition) is 6. The molecule has 0 spiro atoms. The Morgan fingerprint density at radius 3 is 2.62 bits per heavy atom. The van der Waals surface area contributed by atoms with Gasteiger partial charge in [-0.25, -0.2) is 14.3 Å². The maximum absolute atomic E-state index is 12.3. The van der Waals surface area contributed by atoms with Crippen molar-refractivity contribution in [1.82, 2.24) is 14.6 Å². The van der Waals surface area contributed by atoms with Crippen LogP contribution in [0.5, 0.6) is 11.5 Å². The van der Waals surface area contributed by atoms with E-state index < -0.39 is 5.63 Å². The van der Waals surface area contributed by atoms with Gasteiger partial charge in [0.15, 0.2) is 5.65 Å². The van der Waals surface area contributed by atoms with Crippen molar-refractivity contribution in [3.8, 4) is 34.0 Å². The first-order valence-corrected chi connectivity index (χ1v) is 7.90. The molecule has 4 rings (SSSR count). The van der Waals surface area contributed by atoms with Gasteiger partial charge in [0.1, 0.15) is 22.8 Å². The molecule has 7 heteroatoms. The molecular weight excluding hydrogens is 334 g/mol. The van der Waals surface area contributed by atoms with Crippen molar-refractivity contribution in [1.29, 1.82) is 0 Å². The Kier molecular flexibility index (Phi) is 3.69. The van der Waals surface area contributed by atoms with E-state index in [4.69, 9.17) is 9.15 Å². The van der Waals surface area contributed by atoms with Crippen LogP contribution >= 0.6 is 0 Å². The fraction of sp³-hybridized carbons (Fsp3) is 0.105. The second-order valence-corrected chi connectivity index (χ2v) is 5.76. The minimum Gasteiger partial charge on any atom is -0.507 e. The normalized spacial score (nSPS) is 11.0.